The number of fused-ring (bicyclic) bond motifs is 1. The second-order valence-corrected chi connectivity index (χ2v) is 6.03. The molecule has 0 radical (unpaired) electrons. The van der Waals surface area contributed by atoms with Crippen molar-refractivity contribution in [1.29, 1.82) is 0 Å². The monoisotopic (exact) mass is 333 g/mol. The molecule has 0 fully saturated rings. The van der Waals surface area contributed by atoms with E-state index in [1.54, 1.807) is 25.3 Å². The van der Waals surface area contributed by atoms with Crippen molar-refractivity contribution in [2.75, 3.05) is 6.54 Å². The highest BCUT2D eigenvalue weighted by Gasteiger charge is 2.15. The van der Waals surface area contributed by atoms with Crippen LogP contribution in [0.1, 0.15) is 21.7 Å². The van der Waals surface area contributed by atoms with Gasteiger partial charge < -0.3 is 10.3 Å². The Morgan fingerprint density at radius 3 is 2.87 bits per heavy atom. The Morgan fingerprint density at radius 1 is 1.39 bits per heavy atom. The molecule has 9 heteroatoms. The zero-order chi connectivity index (χ0) is 16.6. The van der Waals surface area contributed by atoms with Gasteiger partial charge in [0.1, 0.15) is 4.70 Å². The third kappa shape index (κ3) is 2.70. The Hall–Kier alpha value is -2.68. The van der Waals surface area contributed by atoms with Gasteiger partial charge in [-0.05, 0) is 25.3 Å². The average molecular weight is 333 g/mol. The van der Waals surface area contributed by atoms with Crippen LogP contribution in [0.2, 0.25) is 0 Å². The molecule has 0 aliphatic heterocycles. The number of aromatic amines is 2. The number of amides is 1. The smallest absolute Gasteiger partial charge is 0.328 e. The molecule has 120 valence electrons. The summed E-state index contributed by atoms with van der Waals surface area (Å²) in [4.78, 5) is 39.0. The van der Waals surface area contributed by atoms with Gasteiger partial charge in [-0.3, -0.25) is 19.3 Å². The van der Waals surface area contributed by atoms with Gasteiger partial charge in [0.2, 0.25) is 0 Å². The van der Waals surface area contributed by atoms with Crippen LogP contribution in [0, 0.1) is 13.8 Å². The lowest BCUT2D eigenvalue weighted by molar-refractivity contribution is 0.0951. The van der Waals surface area contributed by atoms with E-state index in [0.717, 1.165) is 4.57 Å². The van der Waals surface area contributed by atoms with Crippen molar-refractivity contribution >= 4 is 27.5 Å². The van der Waals surface area contributed by atoms with E-state index in [1.165, 1.54) is 11.3 Å². The molecular weight excluding hydrogens is 318 g/mol. The third-order valence-corrected chi connectivity index (χ3v) is 4.47. The van der Waals surface area contributed by atoms with Gasteiger partial charge in [0, 0.05) is 18.8 Å². The minimum absolute atomic E-state index is 0.101. The number of thiophene rings is 1. The number of hydrogen-bond donors (Lipinski definition) is 3. The maximum Gasteiger partial charge on any atom is 0.328 e. The second kappa shape index (κ2) is 5.84. The molecular formula is C14H15N5O3S. The van der Waals surface area contributed by atoms with Crippen LogP contribution in [-0.4, -0.2) is 32.2 Å². The van der Waals surface area contributed by atoms with Crippen LogP contribution in [0.4, 0.5) is 0 Å². The van der Waals surface area contributed by atoms with Crippen LogP contribution in [0.15, 0.2) is 21.0 Å². The molecule has 0 aliphatic carbocycles. The SMILES string of the molecule is Cc1n[nH]c(C)c1C(=O)NCCn1c(=O)[nH]c2ccsc2c1=O. The van der Waals surface area contributed by atoms with Crippen LogP contribution in [0.5, 0.6) is 0 Å². The van der Waals surface area contributed by atoms with E-state index in [2.05, 4.69) is 20.5 Å². The number of rotatable bonds is 4. The molecule has 0 saturated heterocycles. The number of aryl methyl sites for hydroxylation is 2. The predicted molar refractivity (Wildman–Crippen MR) is 87.1 cm³/mol. The molecule has 8 nitrogen and oxygen atoms in total. The predicted octanol–water partition coefficient (Wildman–Crippen LogP) is 0.521. The number of carbonyl (C=O) groups is 1. The van der Waals surface area contributed by atoms with Crippen molar-refractivity contribution in [3.63, 3.8) is 0 Å². The summed E-state index contributed by atoms with van der Waals surface area (Å²) in [7, 11) is 0. The van der Waals surface area contributed by atoms with Gasteiger partial charge in [-0.25, -0.2) is 4.79 Å². The van der Waals surface area contributed by atoms with Gasteiger partial charge >= 0.3 is 5.69 Å². The van der Waals surface area contributed by atoms with E-state index in [9.17, 15) is 14.4 Å². The number of nitrogens with zero attached hydrogens (tertiary/aromatic N) is 2. The van der Waals surface area contributed by atoms with Crippen LogP contribution < -0.4 is 16.6 Å². The summed E-state index contributed by atoms with van der Waals surface area (Å²) in [6, 6.07) is 1.69. The van der Waals surface area contributed by atoms with Gasteiger partial charge in [0.15, 0.2) is 0 Å². The van der Waals surface area contributed by atoms with Gasteiger partial charge in [-0.1, -0.05) is 0 Å². The number of H-pyrrole nitrogens is 2. The fourth-order valence-electron chi connectivity index (χ4n) is 2.43. The Kier molecular flexibility index (Phi) is 3.87. The average Bonchev–Trinajstić information content (AvgIpc) is 3.09. The van der Waals surface area contributed by atoms with Crippen molar-refractivity contribution < 1.29 is 4.79 Å². The van der Waals surface area contributed by atoms with Gasteiger partial charge in [0.25, 0.3) is 11.5 Å². The standard InChI is InChI=1S/C14H15N5O3S/c1-7-10(8(2)18-17-7)12(20)15-4-5-19-13(21)11-9(3-6-23-11)16-14(19)22/h3,6H,4-5H2,1-2H3,(H,15,20)(H,16,22)(H,17,18). The number of carbonyl (C=O) groups excluding carboxylic acids is 1. The molecule has 0 saturated carbocycles. The molecule has 3 heterocycles. The normalized spacial score (nSPS) is 11.0. The van der Waals surface area contributed by atoms with Gasteiger partial charge in [0.05, 0.1) is 16.8 Å². The molecule has 0 aromatic carbocycles. The van der Waals surface area contributed by atoms with Gasteiger partial charge in [-0.15, -0.1) is 11.3 Å². The minimum Gasteiger partial charge on any atom is -0.350 e. The first-order valence-electron chi connectivity index (χ1n) is 6.99. The number of aromatic nitrogens is 4. The van der Waals surface area contributed by atoms with Crippen molar-refractivity contribution in [2.24, 2.45) is 0 Å². The van der Waals surface area contributed by atoms with Crippen molar-refractivity contribution in [1.82, 2.24) is 25.1 Å². The lowest BCUT2D eigenvalue weighted by Gasteiger charge is -2.07. The summed E-state index contributed by atoms with van der Waals surface area (Å²) in [5, 5.41) is 11.2. The van der Waals surface area contributed by atoms with Gasteiger partial charge in [-0.2, -0.15) is 5.10 Å². The molecule has 3 aromatic heterocycles. The van der Waals surface area contributed by atoms with Crippen molar-refractivity contribution in [2.45, 2.75) is 20.4 Å². The Morgan fingerprint density at radius 2 is 2.17 bits per heavy atom. The molecule has 0 spiro atoms. The first kappa shape index (κ1) is 15.2. The van der Waals surface area contributed by atoms with E-state index in [-0.39, 0.29) is 24.6 Å². The molecule has 3 N–H and O–H groups in total. The molecule has 0 atom stereocenters. The zero-order valence-corrected chi connectivity index (χ0v) is 13.4. The first-order chi connectivity index (χ1) is 11.0. The molecule has 0 bridgehead atoms. The van der Waals surface area contributed by atoms with E-state index < -0.39 is 5.69 Å². The van der Waals surface area contributed by atoms with Crippen LogP contribution >= 0.6 is 11.3 Å². The lowest BCUT2D eigenvalue weighted by Crippen LogP contribution is -2.38. The minimum atomic E-state index is -0.481. The number of nitrogens with one attached hydrogen (secondary N) is 3. The Bertz CT molecular complexity index is 974. The van der Waals surface area contributed by atoms with Crippen LogP contribution in [0.3, 0.4) is 0 Å². The van der Waals surface area contributed by atoms with E-state index in [4.69, 9.17) is 0 Å². The Balaban J connectivity index is 1.76. The highest BCUT2D eigenvalue weighted by atomic mass is 32.1. The van der Waals surface area contributed by atoms with Crippen LogP contribution in [0.25, 0.3) is 10.2 Å². The summed E-state index contributed by atoms with van der Waals surface area (Å²) >= 11 is 1.28. The fraction of sp³-hybridized carbons (Fsp3) is 0.286. The van der Waals surface area contributed by atoms with Crippen LogP contribution in [-0.2, 0) is 6.54 Å². The maximum absolute atomic E-state index is 12.2. The summed E-state index contributed by atoms with van der Waals surface area (Å²) in [5.41, 5.74) is 1.48. The van der Waals surface area contributed by atoms with E-state index >= 15 is 0 Å². The largest absolute Gasteiger partial charge is 0.350 e. The number of hydrogen-bond acceptors (Lipinski definition) is 5. The maximum atomic E-state index is 12.2. The lowest BCUT2D eigenvalue weighted by atomic mass is 10.2. The molecule has 0 unspecified atom stereocenters. The second-order valence-electron chi connectivity index (χ2n) is 5.12. The fourth-order valence-corrected chi connectivity index (χ4v) is 3.23. The molecule has 1 amide bonds. The molecule has 3 aromatic rings. The summed E-state index contributed by atoms with van der Waals surface area (Å²) in [6.07, 6.45) is 0. The molecule has 0 aliphatic rings. The third-order valence-electron chi connectivity index (χ3n) is 3.57. The van der Waals surface area contributed by atoms with E-state index in [0.29, 0.717) is 27.2 Å². The van der Waals surface area contributed by atoms with E-state index in [1.807, 2.05) is 0 Å². The molecule has 3 rings (SSSR count). The summed E-state index contributed by atoms with van der Waals surface area (Å²) in [5.74, 6) is -0.282. The van der Waals surface area contributed by atoms with Crippen molar-refractivity contribution in [3.05, 3.63) is 49.2 Å². The summed E-state index contributed by atoms with van der Waals surface area (Å²) in [6.45, 7) is 3.76. The topological polar surface area (TPSA) is 113 Å². The zero-order valence-electron chi connectivity index (χ0n) is 12.6. The first-order valence-corrected chi connectivity index (χ1v) is 7.87. The molecule has 23 heavy (non-hydrogen) atoms. The Labute approximate surface area is 134 Å². The highest BCUT2D eigenvalue weighted by Crippen LogP contribution is 2.12. The highest BCUT2D eigenvalue weighted by molar-refractivity contribution is 7.17. The van der Waals surface area contributed by atoms with Crippen molar-refractivity contribution in [3.8, 4) is 0 Å². The summed E-state index contributed by atoms with van der Waals surface area (Å²) < 4.78 is 1.59. The quantitative estimate of drug-likeness (QED) is 0.646.